The molecule has 0 bridgehead atoms. The van der Waals surface area contributed by atoms with Crippen molar-refractivity contribution in [1.82, 2.24) is 0 Å². The summed E-state index contributed by atoms with van der Waals surface area (Å²) in [6.07, 6.45) is 0. The van der Waals surface area contributed by atoms with Gasteiger partial charge in [0.15, 0.2) is 0 Å². The minimum atomic E-state index is 0.108. The van der Waals surface area contributed by atoms with Gasteiger partial charge in [-0.05, 0) is 57.8 Å². The summed E-state index contributed by atoms with van der Waals surface area (Å²) in [6, 6.07) is 15.2. The molecule has 0 atom stereocenters. The molecular formula is C20H22O. The molecule has 0 spiro atoms. The number of methoxy groups -OCH3 is 1. The van der Waals surface area contributed by atoms with E-state index in [1.54, 1.807) is 7.11 Å². The molecule has 0 unspecified atom stereocenters. The van der Waals surface area contributed by atoms with Gasteiger partial charge in [0, 0.05) is 5.39 Å². The molecule has 0 aromatic heterocycles. The zero-order valence-electron chi connectivity index (χ0n) is 13.4. The number of benzene rings is 3. The fraction of sp³-hybridized carbons (Fsp3) is 0.300. The SMILES string of the molecule is COc1cc(C(C)(C)C)c(C)c2cc3ccccc3cc12. The molecule has 0 fully saturated rings. The molecule has 0 amide bonds. The second-order valence-electron chi connectivity index (χ2n) is 6.75. The van der Waals surface area contributed by atoms with E-state index in [1.807, 2.05) is 0 Å². The Balaban J connectivity index is 2.47. The first-order valence-electron chi connectivity index (χ1n) is 7.42. The summed E-state index contributed by atoms with van der Waals surface area (Å²) >= 11 is 0. The fourth-order valence-electron chi connectivity index (χ4n) is 3.16. The lowest BCUT2D eigenvalue weighted by atomic mass is 9.81. The van der Waals surface area contributed by atoms with Crippen LogP contribution in [0.15, 0.2) is 42.5 Å². The van der Waals surface area contributed by atoms with Crippen molar-refractivity contribution in [2.75, 3.05) is 7.11 Å². The largest absolute Gasteiger partial charge is 0.496 e. The van der Waals surface area contributed by atoms with Crippen LogP contribution < -0.4 is 4.74 Å². The van der Waals surface area contributed by atoms with Gasteiger partial charge < -0.3 is 4.74 Å². The van der Waals surface area contributed by atoms with Crippen molar-refractivity contribution in [2.24, 2.45) is 0 Å². The minimum Gasteiger partial charge on any atom is -0.496 e. The first-order valence-corrected chi connectivity index (χ1v) is 7.42. The van der Waals surface area contributed by atoms with Crippen LogP contribution in [0.4, 0.5) is 0 Å². The van der Waals surface area contributed by atoms with Crippen LogP contribution in [-0.4, -0.2) is 7.11 Å². The zero-order valence-corrected chi connectivity index (χ0v) is 13.4. The average Bonchev–Trinajstić information content (AvgIpc) is 2.45. The molecule has 1 nitrogen and oxygen atoms in total. The van der Waals surface area contributed by atoms with Crippen molar-refractivity contribution >= 4 is 21.5 Å². The lowest BCUT2D eigenvalue weighted by Gasteiger charge is -2.24. The van der Waals surface area contributed by atoms with Gasteiger partial charge in [0.1, 0.15) is 5.75 Å². The van der Waals surface area contributed by atoms with E-state index in [9.17, 15) is 0 Å². The maximum atomic E-state index is 5.67. The van der Waals surface area contributed by atoms with Gasteiger partial charge in [-0.15, -0.1) is 0 Å². The lowest BCUT2D eigenvalue weighted by molar-refractivity contribution is 0.417. The maximum absolute atomic E-state index is 5.67. The van der Waals surface area contributed by atoms with Crippen molar-refractivity contribution in [1.29, 1.82) is 0 Å². The quantitative estimate of drug-likeness (QED) is 0.526. The van der Waals surface area contributed by atoms with Crippen molar-refractivity contribution in [2.45, 2.75) is 33.1 Å². The molecule has 0 aliphatic rings. The van der Waals surface area contributed by atoms with E-state index in [2.05, 4.69) is 70.2 Å². The molecule has 3 rings (SSSR count). The van der Waals surface area contributed by atoms with E-state index in [1.165, 1.54) is 32.7 Å². The second kappa shape index (κ2) is 4.77. The lowest BCUT2D eigenvalue weighted by Crippen LogP contribution is -2.13. The van der Waals surface area contributed by atoms with Crippen LogP contribution in [0.25, 0.3) is 21.5 Å². The number of ether oxygens (including phenoxy) is 1. The van der Waals surface area contributed by atoms with E-state index < -0.39 is 0 Å². The summed E-state index contributed by atoms with van der Waals surface area (Å²) in [7, 11) is 1.76. The molecule has 0 radical (unpaired) electrons. The van der Waals surface area contributed by atoms with Gasteiger partial charge in [-0.25, -0.2) is 0 Å². The normalized spacial score (nSPS) is 12.0. The highest BCUT2D eigenvalue weighted by Crippen LogP contribution is 2.38. The zero-order chi connectivity index (χ0) is 15.2. The molecule has 1 heteroatoms. The molecular weight excluding hydrogens is 256 g/mol. The predicted molar refractivity (Wildman–Crippen MR) is 91.4 cm³/mol. The Morgan fingerprint density at radius 2 is 1.43 bits per heavy atom. The number of hydrogen-bond donors (Lipinski definition) is 0. The van der Waals surface area contributed by atoms with E-state index in [0.29, 0.717) is 0 Å². The molecule has 0 heterocycles. The molecule has 0 saturated heterocycles. The van der Waals surface area contributed by atoms with Crippen molar-refractivity contribution in [3.05, 3.63) is 53.6 Å². The predicted octanol–water partition coefficient (Wildman–Crippen LogP) is 5.61. The highest BCUT2D eigenvalue weighted by molar-refractivity contribution is 6.02. The van der Waals surface area contributed by atoms with E-state index in [4.69, 9.17) is 4.74 Å². The number of aryl methyl sites for hydroxylation is 1. The van der Waals surface area contributed by atoms with Crippen LogP contribution in [0, 0.1) is 6.92 Å². The molecule has 0 aliphatic heterocycles. The van der Waals surface area contributed by atoms with E-state index in [-0.39, 0.29) is 5.41 Å². The Morgan fingerprint density at radius 1 is 0.857 bits per heavy atom. The Morgan fingerprint density at radius 3 is 1.95 bits per heavy atom. The summed E-state index contributed by atoms with van der Waals surface area (Å²) < 4.78 is 5.67. The van der Waals surface area contributed by atoms with Crippen LogP contribution in [-0.2, 0) is 5.41 Å². The Kier molecular flexibility index (Phi) is 3.16. The number of rotatable bonds is 1. The van der Waals surface area contributed by atoms with Gasteiger partial charge >= 0.3 is 0 Å². The third-order valence-corrected chi connectivity index (χ3v) is 4.26. The Hall–Kier alpha value is -2.02. The van der Waals surface area contributed by atoms with Crippen molar-refractivity contribution in [3.8, 4) is 5.75 Å². The van der Waals surface area contributed by atoms with Gasteiger partial charge in [-0.2, -0.15) is 0 Å². The summed E-state index contributed by atoms with van der Waals surface area (Å²) in [5.74, 6) is 0.964. The number of fused-ring (bicyclic) bond motifs is 2. The maximum Gasteiger partial charge on any atom is 0.127 e. The van der Waals surface area contributed by atoms with Gasteiger partial charge in [-0.3, -0.25) is 0 Å². The van der Waals surface area contributed by atoms with Gasteiger partial charge in [0.05, 0.1) is 7.11 Å². The minimum absolute atomic E-state index is 0.108. The molecule has 21 heavy (non-hydrogen) atoms. The van der Waals surface area contributed by atoms with Crippen molar-refractivity contribution < 1.29 is 4.74 Å². The molecule has 108 valence electrons. The summed E-state index contributed by atoms with van der Waals surface area (Å²) in [6.45, 7) is 8.97. The summed E-state index contributed by atoms with van der Waals surface area (Å²) in [4.78, 5) is 0. The van der Waals surface area contributed by atoms with Crippen LogP contribution in [0.5, 0.6) is 5.75 Å². The average molecular weight is 278 g/mol. The molecule has 0 N–H and O–H groups in total. The topological polar surface area (TPSA) is 9.23 Å². The van der Waals surface area contributed by atoms with Crippen LogP contribution in [0.1, 0.15) is 31.9 Å². The van der Waals surface area contributed by atoms with Gasteiger partial charge in [-0.1, -0.05) is 45.0 Å². The first kappa shape index (κ1) is 13.9. The highest BCUT2D eigenvalue weighted by Gasteiger charge is 2.20. The molecule has 0 aliphatic carbocycles. The fourth-order valence-corrected chi connectivity index (χ4v) is 3.16. The Bertz CT molecular complexity index is 822. The molecule has 0 saturated carbocycles. The van der Waals surface area contributed by atoms with Crippen LogP contribution >= 0.6 is 0 Å². The van der Waals surface area contributed by atoms with Crippen LogP contribution in [0.3, 0.4) is 0 Å². The van der Waals surface area contributed by atoms with Gasteiger partial charge in [0.25, 0.3) is 0 Å². The second-order valence-corrected chi connectivity index (χ2v) is 6.75. The molecule has 3 aromatic rings. The first-order chi connectivity index (χ1) is 9.91. The Labute approximate surface area is 126 Å². The van der Waals surface area contributed by atoms with Crippen LogP contribution in [0.2, 0.25) is 0 Å². The number of hydrogen-bond acceptors (Lipinski definition) is 1. The molecule has 3 aromatic carbocycles. The monoisotopic (exact) mass is 278 g/mol. The highest BCUT2D eigenvalue weighted by atomic mass is 16.5. The van der Waals surface area contributed by atoms with E-state index in [0.717, 1.165) is 5.75 Å². The smallest absolute Gasteiger partial charge is 0.127 e. The third-order valence-electron chi connectivity index (χ3n) is 4.26. The summed E-state index contributed by atoms with van der Waals surface area (Å²) in [5.41, 5.74) is 2.81. The standard InChI is InChI=1S/C20H22O/c1-13-16-10-14-8-6-7-9-15(14)11-17(16)19(21-5)12-18(13)20(2,3)4/h6-12H,1-5H3. The van der Waals surface area contributed by atoms with Crippen molar-refractivity contribution in [3.63, 3.8) is 0 Å². The van der Waals surface area contributed by atoms with Gasteiger partial charge in [0.2, 0.25) is 0 Å². The summed E-state index contributed by atoms with van der Waals surface area (Å²) in [5, 5.41) is 5.02. The third kappa shape index (κ3) is 2.27. The van der Waals surface area contributed by atoms with E-state index >= 15 is 0 Å².